The molecule has 2 amide bonds. The van der Waals surface area contributed by atoms with E-state index in [-0.39, 0.29) is 6.54 Å². The van der Waals surface area contributed by atoms with Crippen LogP contribution in [-0.4, -0.2) is 24.1 Å². The molecule has 8 heteroatoms. The van der Waals surface area contributed by atoms with Crippen molar-refractivity contribution in [3.63, 3.8) is 0 Å². The average molecular weight is 285 g/mol. The molecule has 1 aromatic carbocycles. The number of hydrogen-bond donors (Lipinski definition) is 2. The number of halogens is 2. The number of nitrogens with zero attached hydrogens (tertiary/aromatic N) is 1. The summed E-state index contributed by atoms with van der Waals surface area (Å²) in [5.41, 5.74) is 0.302. The van der Waals surface area contributed by atoms with Crippen LogP contribution in [0.5, 0.6) is 0 Å². The van der Waals surface area contributed by atoms with Gasteiger partial charge in [-0.25, -0.2) is 0 Å². The first-order valence-corrected chi connectivity index (χ1v) is 5.92. The zero-order chi connectivity index (χ0) is 14.3. The number of hydrogen-bond acceptors (Lipinski definition) is 4. The van der Waals surface area contributed by atoms with E-state index in [4.69, 9.17) is 5.26 Å². The fourth-order valence-electron chi connectivity index (χ4n) is 1.11. The van der Waals surface area contributed by atoms with Crippen LogP contribution in [0.2, 0.25) is 0 Å². The highest BCUT2D eigenvalue weighted by Gasteiger charge is 2.13. The summed E-state index contributed by atoms with van der Waals surface area (Å²) in [4.78, 5) is 22.8. The van der Waals surface area contributed by atoms with Gasteiger partial charge in [-0.2, -0.15) is 14.0 Å². The molecule has 1 rings (SSSR count). The summed E-state index contributed by atoms with van der Waals surface area (Å²) < 4.78 is 24.1. The van der Waals surface area contributed by atoms with Gasteiger partial charge in [-0.3, -0.25) is 9.59 Å². The Morgan fingerprint density at radius 2 is 1.89 bits per heavy atom. The van der Waals surface area contributed by atoms with Gasteiger partial charge in [0, 0.05) is 10.6 Å². The lowest BCUT2D eigenvalue weighted by Crippen LogP contribution is -2.35. The topological polar surface area (TPSA) is 82.0 Å². The largest absolute Gasteiger partial charge is 0.335 e. The van der Waals surface area contributed by atoms with Crippen molar-refractivity contribution in [3.05, 3.63) is 24.3 Å². The van der Waals surface area contributed by atoms with E-state index in [0.29, 0.717) is 22.3 Å². The number of nitriles is 1. The maximum atomic E-state index is 12.1. The summed E-state index contributed by atoms with van der Waals surface area (Å²) in [6.07, 6.45) is 0. The molecule has 0 unspecified atom stereocenters. The normalized spacial score (nSPS) is 9.79. The number of amides is 2. The molecule has 0 aliphatic rings. The van der Waals surface area contributed by atoms with Crippen LogP contribution in [0.3, 0.4) is 0 Å². The first kappa shape index (κ1) is 14.9. The average Bonchev–Trinajstić information content (AvgIpc) is 2.37. The predicted octanol–water partition coefficient (Wildman–Crippen LogP) is 1.58. The number of nitrogens with one attached hydrogen (secondary N) is 2. The molecular weight excluding hydrogens is 276 g/mol. The number of carbonyl (C=O) groups excluding carboxylic acids is 2. The molecule has 0 atom stereocenters. The SMILES string of the molecule is N#CCNC(=O)C(=O)Nc1ccc(SC(F)F)cc1. The summed E-state index contributed by atoms with van der Waals surface area (Å²) in [6, 6.07) is 7.27. The Bertz CT molecular complexity index is 500. The summed E-state index contributed by atoms with van der Waals surface area (Å²) in [5, 5.41) is 12.6. The molecule has 0 aromatic heterocycles. The lowest BCUT2D eigenvalue weighted by Gasteiger charge is -2.05. The molecule has 0 aliphatic carbocycles. The molecule has 0 aliphatic heterocycles. The van der Waals surface area contributed by atoms with Gasteiger partial charge in [0.05, 0.1) is 6.07 Å². The summed E-state index contributed by atoms with van der Waals surface area (Å²) >= 11 is 0.382. The number of benzene rings is 1. The van der Waals surface area contributed by atoms with Gasteiger partial charge in [0.1, 0.15) is 6.54 Å². The van der Waals surface area contributed by atoms with E-state index in [9.17, 15) is 18.4 Å². The van der Waals surface area contributed by atoms with Crippen LogP contribution in [0.25, 0.3) is 0 Å². The first-order chi connectivity index (χ1) is 9.02. The maximum absolute atomic E-state index is 12.1. The van der Waals surface area contributed by atoms with E-state index < -0.39 is 17.6 Å². The van der Waals surface area contributed by atoms with Crippen LogP contribution in [0.1, 0.15) is 0 Å². The van der Waals surface area contributed by atoms with Crippen molar-refractivity contribution in [2.75, 3.05) is 11.9 Å². The molecule has 5 nitrogen and oxygen atoms in total. The van der Waals surface area contributed by atoms with Crippen LogP contribution >= 0.6 is 11.8 Å². The maximum Gasteiger partial charge on any atom is 0.313 e. The van der Waals surface area contributed by atoms with Gasteiger partial charge in [0.2, 0.25) is 0 Å². The van der Waals surface area contributed by atoms with Crippen molar-refractivity contribution >= 4 is 29.3 Å². The van der Waals surface area contributed by atoms with Crippen molar-refractivity contribution < 1.29 is 18.4 Å². The van der Waals surface area contributed by atoms with Crippen molar-refractivity contribution in [2.45, 2.75) is 10.7 Å². The second kappa shape index (κ2) is 7.33. The third kappa shape index (κ3) is 5.35. The number of anilines is 1. The van der Waals surface area contributed by atoms with Gasteiger partial charge in [-0.15, -0.1) is 0 Å². The lowest BCUT2D eigenvalue weighted by atomic mass is 10.3. The minimum absolute atomic E-state index is 0.268. The van der Waals surface area contributed by atoms with Crippen molar-refractivity contribution in [1.82, 2.24) is 5.32 Å². The first-order valence-electron chi connectivity index (χ1n) is 5.04. The Morgan fingerprint density at radius 1 is 1.26 bits per heavy atom. The Balaban J connectivity index is 2.56. The van der Waals surface area contributed by atoms with Crippen LogP contribution in [0.4, 0.5) is 14.5 Å². The number of rotatable bonds is 4. The predicted molar refractivity (Wildman–Crippen MR) is 65.6 cm³/mol. The summed E-state index contributed by atoms with van der Waals surface area (Å²) in [6.45, 7) is -0.268. The molecule has 2 N–H and O–H groups in total. The second-order valence-electron chi connectivity index (χ2n) is 3.20. The zero-order valence-corrected chi connectivity index (χ0v) is 10.3. The van der Waals surface area contributed by atoms with Gasteiger partial charge in [-0.1, -0.05) is 11.8 Å². The number of alkyl halides is 2. The number of thioether (sulfide) groups is 1. The van der Waals surface area contributed by atoms with E-state index in [1.807, 2.05) is 0 Å². The highest BCUT2D eigenvalue weighted by Crippen LogP contribution is 2.26. The molecule has 0 spiro atoms. The van der Waals surface area contributed by atoms with E-state index in [1.54, 1.807) is 6.07 Å². The quantitative estimate of drug-likeness (QED) is 0.500. The van der Waals surface area contributed by atoms with Crippen molar-refractivity contribution in [3.8, 4) is 6.07 Å². The monoisotopic (exact) mass is 285 g/mol. The molecule has 0 heterocycles. The van der Waals surface area contributed by atoms with E-state index in [2.05, 4.69) is 10.6 Å². The third-order valence-corrected chi connectivity index (χ3v) is 2.59. The third-order valence-electron chi connectivity index (χ3n) is 1.87. The van der Waals surface area contributed by atoms with Crippen LogP contribution in [0, 0.1) is 11.3 Å². The molecular formula is C11H9F2N3O2S. The fourth-order valence-corrected chi connectivity index (χ4v) is 1.61. The van der Waals surface area contributed by atoms with Gasteiger partial charge >= 0.3 is 11.8 Å². The standard InChI is InChI=1S/C11H9F2N3O2S/c12-11(13)19-8-3-1-7(2-4-8)16-10(18)9(17)15-6-5-14/h1-4,11H,6H2,(H,15,17)(H,16,18). The van der Waals surface area contributed by atoms with E-state index in [0.717, 1.165) is 0 Å². The number of carbonyl (C=O) groups is 2. The Labute approximate surface area is 112 Å². The lowest BCUT2D eigenvalue weighted by molar-refractivity contribution is -0.136. The molecule has 0 bridgehead atoms. The molecule has 0 radical (unpaired) electrons. The minimum Gasteiger partial charge on any atom is -0.335 e. The Hall–Kier alpha value is -2.14. The summed E-state index contributed by atoms with van der Waals surface area (Å²) in [5.74, 6) is -4.38. The van der Waals surface area contributed by atoms with Crippen LogP contribution in [0.15, 0.2) is 29.2 Å². The van der Waals surface area contributed by atoms with Gasteiger partial charge in [0.25, 0.3) is 5.76 Å². The van der Waals surface area contributed by atoms with E-state index >= 15 is 0 Å². The molecule has 0 fully saturated rings. The van der Waals surface area contributed by atoms with Crippen molar-refractivity contribution in [2.24, 2.45) is 0 Å². The van der Waals surface area contributed by atoms with Crippen molar-refractivity contribution in [1.29, 1.82) is 5.26 Å². The van der Waals surface area contributed by atoms with Gasteiger partial charge < -0.3 is 10.6 Å². The van der Waals surface area contributed by atoms with E-state index in [1.165, 1.54) is 24.3 Å². The molecule has 19 heavy (non-hydrogen) atoms. The Morgan fingerprint density at radius 3 is 2.42 bits per heavy atom. The second-order valence-corrected chi connectivity index (χ2v) is 4.26. The van der Waals surface area contributed by atoms with Gasteiger partial charge in [-0.05, 0) is 24.3 Å². The summed E-state index contributed by atoms with van der Waals surface area (Å²) in [7, 11) is 0. The molecule has 1 aromatic rings. The zero-order valence-electron chi connectivity index (χ0n) is 9.52. The Kier molecular flexibility index (Phi) is 5.75. The van der Waals surface area contributed by atoms with Crippen LogP contribution < -0.4 is 10.6 Å². The van der Waals surface area contributed by atoms with Crippen LogP contribution in [-0.2, 0) is 9.59 Å². The molecule has 0 saturated heterocycles. The molecule has 0 saturated carbocycles. The minimum atomic E-state index is -2.52. The fraction of sp³-hybridized carbons (Fsp3) is 0.182. The highest BCUT2D eigenvalue weighted by atomic mass is 32.2. The molecule has 100 valence electrons. The highest BCUT2D eigenvalue weighted by molar-refractivity contribution is 7.99. The smallest absolute Gasteiger partial charge is 0.313 e. The van der Waals surface area contributed by atoms with Gasteiger partial charge in [0.15, 0.2) is 0 Å².